The minimum Gasteiger partial charge on any atom is -0.108 e. The summed E-state index contributed by atoms with van der Waals surface area (Å²) >= 11 is 0. The second kappa shape index (κ2) is 14.1. The molecule has 0 saturated carbocycles. The molecule has 26 valence electrons. The smallest absolute Gasteiger partial charge is 0 e. The summed E-state index contributed by atoms with van der Waals surface area (Å²) in [7, 11) is 0. The van der Waals surface area contributed by atoms with Gasteiger partial charge < -0.3 is 0 Å². The van der Waals surface area contributed by atoms with Gasteiger partial charge in [-0.05, 0) is 10.4 Å². The van der Waals surface area contributed by atoms with Crippen LogP contribution in [0.3, 0.4) is 0 Å². The number of nitrogens with zero attached hydrogens (tertiary/aromatic N) is 2. The zero-order valence-corrected chi connectivity index (χ0v) is 2.70. The molecule has 0 radical (unpaired) electrons. The first-order chi connectivity index (χ1) is 1.41. The molecule has 0 heterocycles. The van der Waals surface area contributed by atoms with E-state index in [-0.39, 0.29) is 16.5 Å². The fourth-order valence-electron chi connectivity index (χ4n) is 0. The van der Waals surface area contributed by atoms with Crippen molar-refractivity contribution in [3.05, 3.63) is 10.4 Å². The Bertz CT molecular complexity index is 24.3. The maximum atomic E-state index is 6.86. The molecule has 0 saturated heterocycles. The molecule has 0 aliphatic carbocycles. The van der Waals surface area contributed by atoms with Crippen molar-refractivity contribution in [2.75, 3.05) is 0 Å². The molecular formula is HN3Ni. The predicted octanol–water partition coefficient (Wildman–Crippen LogP) is 0.873. The molecule has 0 amide bonds. The maximum absolute atomic E-state index is 6.86. The van der Waals surface area contributed by atoms with Gasteiger partial charge in [-0.3, -0.25) is 0 Å². The third kappa shape index (κ3) is 30.2. The summed E-state index contributed by atoms with van der Waals surface area (Å²) in [6, 6.07) is 0. The Labute approximate surface area is 33.3 Å². The Balaban J connectivity index is 0. The topological polar surface area (TPSA) is 60.3 Å². The van der Waals surface area contributed by atoms with Crippen molar-refractivity contribution in [1.82, 2.24) is 0 Å². The van der Waals surface area contributed by atoms with Gasteiger partial charge in [-0.2, -0.15) is 0 Å². The quantitative estimate of drug-likeness (QED) is 0.204. The Morgan fingerprint density at radius 2 is 1.75 bits per heavy atom. The van der Waals surface area contributed by atoms with Gasteiger partial charge in [0.25, 0.3) is 0 Å². The Morgan fingerprint density at radius 1 is 1.75 bits per heavy atom. The molecule has 0 aliphatic heterocycles. The maximum Gasteiger partial charge on any atom is 0 e. The van der Waals surface area contributed by atoms with Crippen LogP contribution in [0.15, 0.2) is 0 Å². The standard InChI is InChI=1S/HN3.Ni/c1-3-2;/h1H;. The molecule has 0 spiro atoms. The molecule has 4 heteroatoms. The molecule has 0 rings (SSSR count). The van der Waals surface area contributed by atoms with E-state index in [1.54, 1.807) is 4.91 Å². The van der Waals surface area contributed by atoms with Crippen molar-refractivity contribution < 1.29 is 16.5 Å². The van der Waals surface area contributed by atoms with Crippen LogP contribution in [0.25, 0.3) is 10.4 Å². The van der Waals surface area contributed by atoms with E-state index in [4.69, 9.17) is 11.1 Å². The summed E-state index contributed by atoms with van der Waals surface area (Å²) in [5.74, 6) is 0. The van der Waals surface area contributed by atoms with Gasteiger partial charge in [0.15, 0.2) is 0 Å². The molecule has 3 nitrogen and oxygen atoms in total. The normalized spacial score (nSPS) is 2.00. The van der Waals surface area contributed by atoms with E-state index in [0.29, 0.717) is 0 Å². The molecule has 0 aromatic heterocycles. The average molecular weight is 102 g/mol. The molecule has 0 aromatic carbocycles. The number of rotatable bonds is 0. The summed E-state index contributed by atoms with van der Waals surface area (Å²) in [4.78, 5) is 1.75. The van der Waals surface area contributed by atoms with Crippen LogP contribution in [0.2, 0.25) is 0 Å². The van der Waals surface area contributed by atoms with Gasteiger partial charge >= 0.3 is 0 Å². The molecule has 0 aliphatic rings. The van der Waals surface area contributed by atoms with E-state index in [1.165, 1.54) is 0 Å². The Kier molecular flexibility index (Phi) is 32.5. The van der Waals surface area contributed by atoms with E-state index in [9.17, 15) is 0 Å². The van der Waals surface area contributed by atoms with Crippen molar-refractivity contribution >= 4 is 0 Å². The van der Waals surface area contributed by atoms with Crippen LogP contribution in [0.4, 0.5) is 0 Å². The SMILES string of the molecule is [N-]=[N+]=N.[Ni]. The average Bonchev–Trinajstić information content (AvgIpc) is 0.918. The zero-order valence-electron chi connectivity index (χ0n) is 1.71. The Hall–Kier alpha value is -0.196. The van der Waals surface area contributed by atoms with Crippen LogP contribution < -0.4 is 0 Å². The van der Waals surface area contributed by atoms with Gasteiger partial charge in [0, 0.05) is 16.5 Å². The number of hydrogen-bond acceptors (Lipinski definition) is 1. The summed E-state index contributed by atoms with van der Waals surface area (Å²) in [6.07, 6.45) is 0. The van der Waals surface area contributed by atoms with Gasteiger partial charge in [-0.15, -0.1) is 5.53 Å². The minimum absolute atomic E-state index is 0. The third-order valence-electron chi connectivity index (χ3n) is 0. The van der Waals surface area contributed by atoms with E-state index >= 15 is 0 Å². The predicted molar refractivity (Wildman–Crippen MR) is 9.44 cm³/mol. The van der Waals surface area contributed by atoms with Crippen molar-refractivity contribution in [1.29, 1.82) is 5.53 Å². The summed E-state index contributed by atoms with van der Waals surface area (Å²) in [5, 5.41) is 0. The zero-order chi connectivity index (χ0) is 2.71. The fraction of sp³-hybridized carbons (Fsp3) is 0. The van der Waals surface area contributed by atoms with Crippen molar-refractivity contribution in [2.24, 2.45) is 0 Å². The molecule has 1 N–H and O–H groups in total. The van der Waals surface area contributed by atoms with Crippen LogP contribution >= 0.6 is 0 Å². The fourth-order valence-corrected chi connectivity index (χ4v) is 0. The van der Waals surface area contributed by atoms with Crippen molar-refractivity contribution in [3.8, 4) is 0 Å². The van der Waals surface area contributed by atoms with Crippen molar-refractivity contribution in [3.63, 3.8) is 0 Å². The van der Waals surface area contributed by atoms with E-state index in [0.717, 1.165) is 0 Å². The summed E-state index contributed by atoms with van der Waals surface area (Å²) < 4.78 is 0. The van der Waals surface area contributed by atoms with Crippen LogP contribution in [-0.4, -0.2) is 0 Å². The monoisotopic (exact) mass is 101 g/mol. The molecular weight excluding hydrogens is 101 g/mol. The van der Waals surface area contributed by atoms with Crippen LogP contribution in [-0.2, 0) is 16.5 Å². The summed E-state index contributed by atoms with van der Waals surface area (Å²) in [5.41, 5.74) is 12.2. The van der Waals surface area contributed by atoms with Gasteiger partial charge in [-0.25, -0.2) is 0 Å². The van der Waals surface area contributed by atoms with Gasteiger partial charge in [0.05, 0.1) is 0 Å². The van der Waals surface area contributed by atoms with Crippen LogP contribution in [0.5, 0.6) is 0 Å². The first-order valence-corrected chi connectivity index (χ1v) is 0.424. The second-order valence-corrected chi connectivity index (χ2v) is 0.100. The molecule has 0 unspecified atom stereocenters. The van der Waals surface area contributed by atoms with E-state index in [1.807, 2.05) is 0 Å². The Morgan fingerprint density at radius 3 is 1.75 bits per heavy atom. The number of hydrogen-bond donors (Lipinski definition) is 1. The summed E-state index contributed by atoms with van der Waals surface area (Å²) in [6.45, 7) is 0. The van der Waals surface area contributed by atoms with Gasteiger partial charge in [0.1, 0.15) is 0 Å². The largest absolute Gasteiger partial charge is 0.108 e. The molecule has 0 atom stereocenters. The van der Waals surface area contributed by atoms with Crippen LogP contribution in [0, 0.1) is 5.53 Å². The molecule has 0 bridgehead atoms. The van der Waals surface area contributed by atoms with Crippen molar-refractivity contribution in [2.45, 2.75) is 0 Å². The molecule has 0 aromatic rings. The number of nitrogens with one attached hydrogen (secondary N) is 1. The first kappa shape index (κ1) is 9.19. The van der Waals surface area contributed by atoms with E-state index < -0.39 is 0 Å². The van der Waals surface area contributed by atoms with Gasteiger partial charge in [0.2, 0.25) is 0 Å². The first-order valence-electron chi connectivity index (χ1n) is 0.424. The van der Waals surface area contributed by atoms with Crippen LogP contribution in [0.1, 0.15) is 0 Å². The van der Waals surface area contributed by atoms with Gasteiger partial charge in [-0.1, -0.05) is 0 Å². The molecule has 4 heavy (non-hydrogen) atoms. The third-order valence-corrected chi connectivity index (χ3v) is 0. The molecule has 0 fully saturated rings. The minimum atomic E-state index is 0. The second-order valence-electron chi connectivity index (χ2n) is 0.100. The van der Waals surface area contributed by atoms with E-state index in [2.05, 4.69) is 0 Å².